The Morgan fingerprint density at radius 3 is 2.77 bits per heavy atom. The monoisotopic (exact) mass is 182 g/mol. The zero-order valence-electron chi connectivity index (χ0n) is 8.47. The van der Waals surface area contributed by atoms with E-state index in [-0.39, 0.29) is 11.8 Å². The van der Waals surface area contributed by atoms with Gasteiger partial charge in [0.2, 0.25) is 5.91 Å². The number of hydrogen-bond donors (Lipinski definition) is 1. The van der Waals surface area contributed by atoms with Crippen molar-refractivity contribution < 1.29 is 4.79 Å². The van der Waals surface area contributed by atoms with Crippen molar-refractivity contribution in [3.05, 3.63) is 0 Å². The van der Waals surface area contributed by atoms with E-state index in [4.69, 9.17) is 5.26 Å². The highest BCUT2D eigenvalue weighted by atomic mass is 16.1. The molecule has 0 saturated carbocycles. The summed E-state index contributed by atoms with van der Waals surface area (Å²) in [4.78, 5) is 11.1. The van der Waals surface area contributed by atoms with Gasteiger partial charge in [-0.15, -0.1) is 0 Å². The molecule has 0 aromatic carbocycles. The van der Waals surface area contributed by atoms with Crippen LogP contribution >= 0.6 is 0 Å². The van der Waals surface area contributed by atoms with Crippen molar-refractivity contribution in [3.8, 4) is 6.07 Å². The molecule has 0 aromatic rings. The molecule has 0 bridgehead atoms. The van der Waals surface area contributed by atoms with Gasteiger partial charge in [-0.25, -0.2) is 0 Å². The summed E-state index contributed by atoms with van der Waals surface area (Å²) in [5, 5.41) is 11.2. The molecule has 3 nitrogen and oxygen atoms in total. The fourth-order valence-electron chi connectivity index (χ4n) is 0.937. The van der Waals surface area contributed by atoms with Crippen molar-refractivity contribution in [1.29, 1.82) is 5.26 Å². The summed E-state index contributed by atoms with van der Waals surface area (Å²) >= 11 is 0. The second-order valence-electron chi connectivity index (χ2n) is 3.29. The molecule has 13 heavy (non-hydrogen) atoms. The first kappa shape index (κ1) is 12.0. The minimum absolute atomic E-state index is 0.0653. The van der Waals surface area contributed by atoms with Gasteiger partial charge in [0, 0.05) is 13.0 Å². The lowest BCUT2D eigenvalue weighted by Crippen LogP contribution is -2.27. The highest BCUT2D eigenvalue weighted by Gasteiger charge is 2.03. The van der Waals surface area contributed by atoms with Crippen LogP contribution in [-0.4, -0.2) is 12.5 Å². The minimum Gasteiger partial charge on any atom is -0.355 e. The molecule has 0 fully saturated rings. The average Bonchev–Trinajstić information content (AvgIpc) is 2.14. The van der Waals surface area contributed by atoms with Crippen LogP contribution in [0.15, 0.2) is 0 Å². The fraction of sp³-hybridized carbons (Fsp3) is 0.800. The molecule has 0 rings (SSSR count). The Morgan fingerprint density at radius 2 is 2.23 bits per heavy atom. The average molecular weight is 182 g/mol. The van der Waals surface area contributed by atoms with Crippen molar-refractivity contribution in [2.24, 2.45) is 5.92 Å². The van der Waals surface area contributed by atoms with E-state index in [0.717, 1.165) is 19.3 Å². The molecule has 1 amide bonds. The number of carbonyl (C=O) groups is 1. The summed E-state index contributed by atoms with van der Waals surface area (Å²) in [6.45, 7) is 4.38. The number of unbranched alkanes of at least 4 members (excludes halogenated alkanes) is 2. The summed E-state index contributed by atoms with van der Waals surface area (Å²) in [5.41, 5.74) is 0. The molecule has 0 spiro atoms. The lowest BCUT2D eigenvalue weighted by molar-refractivity contribution is -0.121. The lowest BCUT2D eigenvalue weighted by atomic mass is 10.2. The standard InChI is InChI=1S/C10H18N2O/c1-3-4-5-6-10(13)12-8-9(2)7-11/h9H,3-6,8H2,1-2H3,(H,12,13). The second-order valence-corrected chi connectivity index (χ2v) is 3.29. The normalized spacial score (nSPS) is 11.8. The number of nitrogens with one attached hydrogen (secondary N) is 1. The van der Waals surface area contributed by atoms with E-state index in [9.17, 15) is 4.79 Å². The molecule has 0 radical (unpaired) electrons. The van der Waals surface area contributed by atoms with Crippen LogP contribution in [-0.2, 0) is 4.79 Å². The third kappa shape index (κ3) is 7.32. The predicted octanol–water partition coefficient (Wildman–Crippen LogP) is 1.84. The quantitative estimate of drug-likeness (QED) is 0.637. The van der Waals surface area contributed by atoms with Crippen LogP contribution in [0.5, 0.6) is 0 Å². The molecule has 0 aliphatic carbocycles. The number of hydrogen-bond acceptors (Lipinski definition) is 2. The van der Waals surface area contributed by atoms with Crippen molar-refractivity contribution in [2.45, 2.75) is 39.5 Å². The summed E-state index contributed by atoms with van der Waals surface area (Å²) in [5.74, 6) is -0.0225. The summed E-state index contributed by atoms with van der Waals surface area (Å²) in [6, 6.07) is 2.07. The van der Waals surface area contributed by atoms with Gasteiger partial charge in [-0.1, -0.05) is 19.8 Å². The maximum absolute atomic E-state index is 11.1. The SMILES string of the molecule is CCCCCC(=O)NCC(C)C#N. The first-order valence-electron chi connectivity index (χ1n) is 4.87. The van der Waals surface area contributed by atoms with Crippen LogP contribution in [0.25, 0.3) is 0 Å². The Morgan fingerprint density at radius 1 is 1.54 bits per heavy atom. The third-order valence-corrected chi connectivity index (χ3v) is 1.83. The lowest BCUT2D eigenvalue weighted by Gasteiger charge is -2.05. The molecule has 0 aromatic heterocycles. The molecule has 3 heteroatoms. The predicted molar refractivity (Wildman–Crippen MR) is 51.9 cm³/mol. The topological polar surface area (TPSA) is 52.9 Å². The van der Waals surface area contributed by atoms with Crippen molar-refractivity contribution >= 4 is 5.91 Å². The summed E-state index contributed by atoms with van der Waals surface area (Å²) in [7, 11) is 0. The van der Waals surface area contributed by atoms with Gasteiger partial charge < -0.3 is 5.32 Å². The molecule has 0 aliphatic heterocycles. The Hall–Kier alpha value is -1.04. The van der Waals surface area contributed by atoms with E-state index in [2.05, 4.69) is 18.3 Å². The summed E-state index contributed by atoms with van der Waals surface area (Å²) in [6.07, 6.45) is 3.76. The van der Waals surface area contributed by atoms with Crippen molar-refractivity contribution in [3.63, 3.8) is 0 Å². The van der Waals surface area contributed by atoms with Crippen LogP contribution in [0, 0.1) is 17.2 Å². The highest BCUT2D eigenvalue weighted by molar-refractivity contribution is 5.75. The summed E-state index contributed by atoms with van der Waals surface area (Å²) < 4.78 is 0. The molecule has 0 saturated heterocycles. The van der Waals surface area contributed by atoms with Crippen LogP contribution in [0.3, 0.4) is 0 Å². The van der Waals surface area contributed by atoms with Gasteiger partial charge in [0.15, 0.2) is 0 Å². The maximum Gasteiger partial charge on any atom is 0.220 e. The number of amides is 1. The van der Waals surface area contributed by atoms with Gasteiger partial charge >= 0.3 is 0 Å². The number of carbonyl (C=O) groups excluding carboxylic acids is 1. The fourth-order valence-corrected chi connectivity index (χ4v) is 0.937. The molecule has 0 aliphatic rings. The first-order valence-corrected chi connectivity index (χ1v) is 4.87. The van der Waals surface area contributed by atoms with Crippen LogP contribution in [0.2, 0.25) is 0 Å². The smallest absolute Gasteiger partial charge is 0.220 e. The van der Waals surface area contributed by atoms with Gasteiger partial charge in [0.1, 0.15) is 0 Å². The van der Waals surface area contributed by atoms with Gasteiger partial charge in [-0.2, -0.15) is 5.26 Å². The Bertz CT molecular complexity index is 184. The molecule has 0 heterocycles. The molecule has 1 atom stereocenters. The van der Waals surface area contributed by atoms with Crippen molar-refractivity contribution in [1.82, 2.24) is 5.32 Å². The first-order chi connectivity index (χ1) is 6.20. The number of nitrogens with zero attached hydrogens (tertiary/aromatic N) is 1. The van der Waals surface area contributed by atoms with Crippen LogP contribution < -0.4 is 5.32 Å². The Kier molecular flexibility index (Phi) is 6.99. The zero-order valence-corrected chi connectivity index (χ0v) is 8.47. The zero-order chi connectivity index (χ0) is 10.1. The number of nitriles is 1. The van der Waals surface area contributed by atoms with Gasteiger partial charge in [-0.05, 0) is 13.3 Å². The molecule has 74 valence electrons. The Balaban J connectivity index is 3.36. The molecular formula is C10H18N2O. The van der Waals surface area contributed by atoms with E-state index in [1.54, 1.807) is 6.92 Å². The molecule has 1 unspecified atom stereocenters. The van der Waals surface area contributed by atoms with E-state index < -0.39 is 0 Å². The van der Waals surface area contributed by atoms with Crippen molar-refractivity contribution in [2.75, 3.05) is 6.54 Å². The maximum atomic E-state index is 11.1. The van der Waals surface area contributed by atoms with Gasteiger partial charge in [0.25, 0.3) is 0 Å². The highest BCUT2D eigenvalue weighted by Crippen LogP contribution is 1.98. The van der Waals surface area contributed by atoms with Gasteiger partial charge in [0.05, 0.1) is 12.0 Å². The largest absolute Gasteiger partial charge is 0.355 e. The third-order valence-electron chi connectivity index (χ3n) is 1.83. The van der Waals surface area contributed by atoms with E-state index in [1.165, 1.54) is 0 Å². The second kappa shape index (κ2) is 7.60. The van der Waals surface area contributed by atoms with E-state index >= 15 is 0 Å². The van der Waals surface area contributed by atoms with Crippen LogP contribution in [0.4, 0.5) is 0 Å². The minimum atomic E-state index is -0.0878. The number of rotatable bonds is 6. The van der Waals surface area contributed by atoms with E-state index in [0.29, 0.717) is 13.0 Å². The Labute approximate surface area is 80.1 Å². The van der Waals surface area contributed by atoms with Gasteiger partial charge in [-0.3, -0.25) is 4.79 Å². The van der Waals surface area contributed by atoms with Crippen LogP contribution in [0.1, 0.15) is 39.5 Å². The molecular weight excluding hydrogens is 164 g/mol. The van der Waals surface area contributed by atoms with E-state index in [1.807, 2.05) is 0 Å². The molecule has 1 N–H and O–H groups in total.